The van der Waals surface area contributed by atoms with Gasteiger partial charge in [-0.2, -0.15) is 0 Å². The minimum atomic E-state index is 0.736. The number of pyridine rings is 1. The van der Waals surface area contributed by atoms with E-state index < -0.39 is 0 Å². The van der Waals surface area contributed by atoms with Crippen LogP contribution in [-0.4, -0.2) is 4.98 Å². The van der Waals surface area contributed by atoms with Gasteiger partial charge in [-0.05, 0) is 75.3 Å². The molecule has 1 N–H and O–H groups in total. The summed E-state index contributed by atoms with van der Waals surface area (Å²) in [6, 6.07) is 12.3. The summed E-state index contributed by atoms with van der Waals surface area (Å²) in [7, 11) is 0. The van der Waals surface area contributed by atoms with Crippen LogP contribution in [0, 0.1) is 10.5 Å². The molecule has 88 valence electrons. The molecule has 2 rings (SSSR count). The number of anilines is 1. The topological polar surface area (TPSA) is 24.9 Å². The van der Waals surface area contributed by atoms with Crippen molar-refractivity contribution in [1.29, 1.82) is 0 Å². The van der Waals surface area contributed by atoms with Gasteiger partial charge >= 0.3 is 0 Å². The molecule has 0 spiro atoms. The van der Waals surface area contributed by atoms with E-state index in [0.717, 1.165) is 16.8 Å². The fourth-order valence-electron chi connectivity index (χ4n) is 1.52. The van der Waals surface area contributed by atoms with Gasteiger partial charge in [0.05, 0.1) is 12.2 Å². The van der Waals surface area contributed by atoms with Gasteiger partial charge < -0.3 is 5.32 Å². The summed E-state index contributed by atoms with van der Waals surface area (Å²) >= 11 is 5.69. The molecule has 0 aliphatic heterocycles. The van der Waals surface area contributed by atoms with Crippen LogP contribution < -0.4 is 5.32 Å². The lowest BCUT2D eigenvalue weighted by molar-refractivity contribution is 1.03. The zero-order valence-electron chi connectivity index (χ0n) is 9.37. The molecular weight excluding hydrogens is 391 g/mol. The van der Waals surface area contributed by atoms with Crippen LogP contribution in [0.1, 0.15) is 11.3 Å². The van der Waals surface area contributed by atoms with Crippen LogP contribution in [0.15, 0.2) is 41.0 Å². The molecule has 0 aliphatic rings. The van der Waals surface area contributed by atoms with E-state index in [1.807, 2.05) is 18.2 Å². The highest BCUT2D eigenvalue weighted by Gasteiger charge is 2.00. The molecule has 0 aliphatic carbocycles. The molecule has 2 aromatic rings. The molecule has 1 aromatic heterocycles. The fourth-order valence-corrected chi connectivity index (χ4v) is 2.39. The van der Waals surface area contributed by atoms with Crippen molar-refractivity contribution in [2.45, 2.75) is 13.5 Å². The van der Waals surface area contributed by atoms with Crippen LogP contribution in [-0.2, 0) is 6.54 Å². The van der Waals surface area contributed by atoms with Crippen LogP contribution in [0.25, 0.3) is 0 Å². The maximum atomic E-state index is 4.39. The Morgan fingerprint density at radius 2 is 2.12 bits per heavy atom. The average Bonchev–Trinajstić information content (AvgIpc) is 2.30. The summed E-state index contributed by atoms with van der Waals surface area (Å²) in [6.45, 7) is 2.84. The third-order valence-corrected chi connectivity index (χ3v) is 3.54. The fraction of sp³-hybridized carbons (Fsp3) is 0.154. The van der Waals surface area contributed by atoms with E-state index in [1.54, 1.807) is 0 Å². The summed E-state index contributed by atoms with van der Waals surface area (Å²) in [5.41, 5.74) is 3.44. The standard InChI is InChI=1S/C13H12BrIN2/c1-9-5-6-10(15)7-12(9)16-8-11-3-2-4-13(14)17-11/h2-7,16H,8H2,1H3. The Bertz CT molecular complexity index is 529. The minimum absolute atomic E-state index is 0.736. The summed E-state index contributed by atoms with van der Waals surface area (Å²) in [5, 5.41) is 3.41. The van der Waals surface area contributed by atoms with Gasteiger partial charge in [0.15, 0.2) is 0 Å². The maximum Gasteiger partial charge on any atom is 0.106 e. The monoisotopic (exact) mass is 402 g/mol. The SMILES string of the molecule is Cc1ccc(I)cc1NCc1cccc(Br)n1. The van der Waals surface area contributed by atoms with Gasteiger partial charge in [0.25, 0.3) is 0 Å². The number of hydrogen-bond acceptors (Lipinski definition) is 2. The number of aryl methyl sites for hydroxylation is 1. The van der Waals surface area contributed by atoms with E-state index in [2.05, 4.69) is 73.9 Å². The van der Waals surface area contributed by atoms with Gasteiger partial charge in [-0.1, -0.05) is 12.1 Å². The molecule has 0 amide bonds. The van der Waals surface area contributed by atoms with Crippen LogP contribution in [0.4, 0.5) is 5.69 Å². The second-order valence-corrected chi connectivity index (χ2v) is 5.82. The molecule has 0 fully saturated rings. The smallest absolute Gasteiger partial charge is 0.106 e. The van der Waals surface area contributed by atoms with Gasteiger partial charge in [0, 0.05) is 9.26 Å². The Balaban J connectivity index is 2.09. The van der Waals surface area contributed by atoms with Crippen molar-refractivity contribution >= 4 is 44.2 Å². The van der Waals surface area contributed by atoms with Gasteiger partial charge in [0.1, 0.15) is 4.60 Å². The largest absolute Gasteiger partial charge is 0.379 e. The lowest BCUT2D eigenvalue weighted by Crippen LogP contribution is -2.03. The number of rotatable bonds is 3. The molecular formula is C13H12BrIN2. The first-order valence-corrected chi connectivity index (χ1v) is 7.14. The second kappa shape index (κ2) is 5.82. The van der Waals surface area contributed by atoms with Crippen molar-refractivity contribution in [3.63, 3.8) is 0 Å². The average molecular weight is 403 g/mol. The molecule has 17 heavy (non-hydrogen) atoms. The molecule has 2 nitrogen and oxygen atoms in total. The number of nitrogens with one attached hydrogen (secondary N) is 1. The van der Waals surface area contributed by atoms with Gasteiger partial charge in [-0.15, -0.1) is 0 Å². The molecule has 0 unspecified atom stereocenters. The Hall–Kier alpha value is -0.620. The van der Waals surface area contributed by atoms with E-state index in [9.17, 15) is 0 Å². The van der Waals surface area contributed by atoms with Crippen molar-refractivity contribution in [2.24, 2.45) is 0 Å². The molecule has 0 atom stereocenters. The zero-order chi connectivity index (χ0) is 12.3. The van der Waals surface area contributed by atoms with Crippen molar-refractivity contribution in [1.82, 2.24) is 4.98 Å². The van der Waals surface area contributed by atoms with Crippen LogP contribution in [0.5, 0.6) is 0 Å². The first-order valence-electron chi connectivity index (χ1n) is 5.26. The van der Waals surface area contributed by atoms with Crippen molar-refractivity contribution in [3.8, 4) is 0 Å². The summed E-state index contributed by atoms with van der Waals surface area (Å²) < 4.78 is 2.11. The third-order valence-electron chi connectivity index (χ3n) is 2.43. The highest BCUT2D eigenvalue weighted by atomic mass is 127. The van der Waals surface area contributed by atoms with Crippen LogP contribution >= 0.6 is 38.5 Å². The molecule has 0 saturated heterocycles. The highest BCUT2D eigenvalue weighted by Crippen LogP contribution is 2.19. The van der Waals surface area contributed by atoms with Crippen molar-refractivity contribution in [3.05, 3.63) is 55.8 Å². The predicted octanol–water partition coefficient (Wildman–Crippen LogP) is 4.37. The van der Waals surface area contributed by atoms with Crippen molar-refractivity contribution < 1.29 is 0 Å². The highest BCUT2D eigenvalue weighted by molar-refractivity contribution is 14.1. The molecule has 0 bridgehead atoms. The van der Waals surface area contributed by atoms with Gasteiger partial charge in [0.2, 0.25) is 0 Å². The zero-order valence-corrected chi connectivity index (χ0v) is 13.1. The number of halogens is 2. The third kappa shape index (κ3) is 3.67. The first-order chi connectivity index (χ1) is 8.15. The number of hydrogen-bond donors (Lipinski definition) is 1. The Morgan fingerprint density at radius 3 is 2.88 bits per heavy atom. The number of aromatic nitrogens is 1. The summed E-state index contributed by atoms with van der Waals surface area (Å²) in [6.07, 6.45) is 0. The molecule has 0 radical (unpaired) electrons. The molecule has 4 heteroatoms. The summed E-state index contributed by atoms with van der Waals surface area (Å²) in [4.78, 5) is 4.39. The minimum Gasteiger partial charge on any atom is -0.379 e. The van der Waals surface area contributed by atoms with E-state index in [4.69, 9.17) is 0 Å². The molecule has 1 heterocycles. The second-order valence-electron chi connectivity index (χ2n) is 3.76. The van der Waals surface area contributed by atoms with E-state index >= 15 is 0 Å². The Labute approximate surface area is 123 Å². The maximum absolute atomic E-state index is 4.39. The summed E-state index contributed by atoms with van der Waals surface area (Å²) in [5.74, 6) is 0. The Kier molecular flexibility index (Phi) is 4.39. The molecule has 1 aromatic carbocycles. The van der Waals surface area contributed by atoms with Crippen molar-refractivity contribution in [2.75, 3.05) is 5.32 Å². The first kappa shape index (κ1) is 12.8. The van der Waals surface area contributed by atoms with E-state index in [1.165, 1.54) is 14.8 Å². The normalized spacial score (nSPS) is 10.3. The van der Waals surface area contributed by atoms with E-state index in [0.29, 0.717) is 0 Å². The quantitative estimate of drug-likeness (QED) is 0.609. The van der Waals surface area contributed by atoms with E-state index in [-0.39, 0.29) is 0 Å². The van der Waals surface area contributed by atoms with Gasteiger partial charge in [-0.3, -0.25) is 0 Å². The van der Waals surface area contributed by atoms with Gasteiger partial charge in [-0.25, -0.2) is 4.98 Å². The predicted molar refractivity (Wildman–Crippen MR) is 83.2 cm³/mol. The number of nitrogens with zero attached hydrogens (tertiary/aromatic N) is 1. The van der Waals surface area contributed by atoms with Crippen LogP contribution in [0.3, 0.4) is 0 Å². The van der Waals surface area contributed by atoms with Crippen LogP contribution in [0.2, 0.25) is 0 Å². The molecule has 0 saturated carbocycles. The Morgan fingerprint density at radius 1 is 1.29 bits per heavy atom. The number of benzene rings is 1. The lowest BCUT2D eigenvalue weighted by atomic mass is 10.2. The lowest BCUT2D eigenvalue weighted by Gasteiger charge is -2.09.